The van der Waals surface area contributed by atoms with Crippen molar-refractivity contribution in [1.82, 2.24) is 38.5 Å². The number of amides is 1. The summed E-state index contributed by atoms with van der Waals surface area (Å²) in [6.45, 7) is 4.30. The van der Waals surface area contributed by atoms with E-state index in [1.165, 1.54) is 12.8 Å². The highest BCUT2D eigenvalue weighted by molar-refractivity contribution is 7.98. The first-order valence-electron chi connectivity index (χ1n) is 12.1. The second kappa shape index (κ2) is 9.36. The fraction of sp³-hybridized carbons (Fsp3) is 0.280. The van der Waals surface area contributed by atoms with Gasteiger partial charge in [0.15, 0.2) is 5.82 Å². The van der Waals surface area contributed by atoms with Gasteiger partial charge >= 0.3 is 0 Å². The highest BCUT2D eigenvalue weighted by Crippen LogP contribution is 2.35. The Morgan fingerprint density at radius 3 is 2.73 bits per heavy atom. The molecule has 1 saturated carbocycles. The van der Waals surface area contributed by atoms with Gasteiger partial charge in [-0.25, -0.2) is 19.0 Å². The van der Waals surface area contributed by atoms with Gasteiger partial charge < -0.3 is 15.6 Å². The van der Waals surface area contributed by atoms with Crippen LogP contribution in [0.1, 0.15) is 32.7 Å². The monoisotopic (exact) mass is 514 g/mol. The number of nitrogens with two attached hydrogens (primary N) is 1. The summed E-state index contributed by atoms with van der Waals surface area (Å²) in [4.78, 5) is 25.0. The van der Waals surface area contributed by atoms with E-state index in [0.717, 1.165) is 27.6 Å². The molecule has 37 heavy (non-hydrogen) atoms. The van der Waals surface area contributed by atoms with Crippen molar-refractivity contribution in [3.05, 3.63) is 55.5 Å². The molecule has 0 unspecified atom stereocenters. The van der Waals surface area contributed by atoms with Gasteiger partial charge in [-0.15, -0.1) is 0 Å². The van der Waals surface area contributed by atoms with Crippen molar-refractivity contribution in [2.24, 2.45) is 5.73 Å². The summed E-state index contributed by atoms with van der Waals surface area (Å²) in [7, 11) is 0. The molecular formula is C25H26N10OS. The second-order valence-corrected chi connectivity index (χ2v) is 10.6. The zero-order valence-corrected chi connectivity index (χ0v) is 21.3. The number of fused-ring (bicyclic) bond motifs is 1. The van der Waals surface area contributed by atoms with Crippen LogP contribution >= 0.6 is 11.9 Å². The van der Waals surface area contributed by atoms with E-state index < -0.39 is 5.91 Å². The minimum atomic E-state index is -0.435. The van der Waals surface area contributed by atoms with Crippen LogP contribution in [-0.2, 0) is 11.3 Å². The summed E-state index contributed by atoms with van der Waals surface area (Å²) in [6.07, 6.45) is 15.5. The predicted molar refractivity (Wildman–Crippen MR) is 143 cm³/mol. The van der Waals surface area contributed by atoms with E-state index in [0.29, 0.717) is 22.7 Å². The molecule has 1 amide bonds. The lowest BCUT2D eigenvalue weighted by Crippen LogP contribution is -2.18. The summed E-state index contributed by atoms with van der Waals surface area (Å²) in [5.41, 5.74) is 9.10. The Morgan fingerprint density at radius 2 is 1.95 bits per heavy atom. The quantitative estimate of drug-likeness (QED) is 0.301. The van der Waals surface area contributed by atoms with E-state index in [4.69, 9.17) is 5.73 Å². The lowest BCUT2D eigenvalue weighted by Gasteiger charge is -2.10. The van der Waals surface area contributed by atoms with E-state index in [1.54, 1.807) is 35.2 Å². The van der Waals surface area contributed by atoms with E-state index in [9.17, 15) is 4.79 Å². The molecule has 0 radical (unpaired) electrons. The molecule has 3 N–H and O–H groups in total. The lowest BCUT2D eigenvalue weighted by atomic mass is 10.1. The summed E-state index contributed by atoms with van der Waals surface area (Å²) < 4.78 is 5.63. The number of aromatic nitrogens is 8. The second-order valence-electron chi connectivity index (χ2n) is 9.35. The number of primary amides is 1. The maximum atomic E-state index is 11.3. The Bertz CT molecular complexity index is 1600. The number of nitrogens with one attached hydrogen (secondary N) is 1. The van der Waals surface area contributed by atoms with Gasteiger partial charge in [-0.3, -0.25) is 9.48 Å². The van der Waals surface area contributed by atoms with Gasteiger partial charge in [0.2, 0.25) is 5.91 Å². The van der Waals surface area contributed by atoms with Crippen LogP contribution < -0.4 is 11.1 Å². The molecule has 5 aromatic heterocycles. The molecule has 5 heterocycles. The zero-order valence-electron chi connectivity index (χ0n) is 20.4. The van der Waals surface area contributed by atoms with Crippen molar-refractivity contribution in [2.45, 2.75) is 44.5 Å². The number of hydrogen-bond acceptors (Lipinski definition) is 8. The van der Waals surface area contributed by atoms with Crippen molar-refractivity contribution in [3.63, 3.8) is 0 Å². The topological polar surface area (TPSA) is 134 Å². The van der Waals surface area contributed by atoms with Crippen LogP contribution in [0.2, 0.25) is 0 Å². The Labute approximate surface area is 217 Å². The van der Waals surface area contributed by atoms with E-state index >= 15 is 0 Å². The van der Waals surface area contributed by atoms with Crippen LogP contribution in [0, 0.1) is 0 Å². The third-order valence-electron chi connectivity index (χ3n) is 6.05. The summed E-state index contributed by atoms with van der Waals surface area (Å²) in [5.74, 6) is 1.49. The number of anilines is 2. The van der Waals surface area contributed by atoms with Crippen molar-refractivity contribution < 1.29 is 4.79 Å². The van der Waals surface area contributed by atoms with Gasteiger partial charge in [0.05, 0.1) is 23.5 Å². The summed E-state index contributed by atoms with van der Waals surface area (Å²) in [5, 5.41) is 13.7. The molecule has 1 fully saturated rings. The Morgan fingerprint density at radius 1 is 1.11 bits per heavy atom. The van der Waals surface area contributed by atoms with Gasteiger partial charge in [0.25, 0.3) is 0 Å². The van der Waals surface area contributed by atoms with Crippen molar-refractivity contribution in [3.8, 4) is 22.5 Å². The van der Waals surface area contributed by atoms with E-state index in [1.807, 2.05) is 34.8 Å². The van der Waals surface area contributed by atoms with Crippen molar-refractivity contribution in [2.75, 3.05) is 5.32 Å². The zero-order chi connectivity index (χ0) is 25.5. The highest BCUT2D eigenvalue weighted by Gasteiger charge is 2.23. The molecule has 0 saturated heterocycles. The van der Waals surface area contributed by atoms with Crippen molar-refractivity contribution >= 4 is 40.4 Å². The average Bonchev–Trinajstić information content (AvgIpc) is 3.23. The number of carbonyl (C=O) groups excluding carboxylic acids is 1. The first-order chi connectivity index (χ1) is 17.9. The first kappa shape index (κ1) is 23.2. The SMILES string of the molecule is CC(C)n1cc(-c2cnn(CC(N)=O)c2)c2cnc(Nc3ccnc(-c4cnn(SC5CC5)c4)n3)cc21. The van der Waals surface area contributed by atoms with Gasteiger partial charge in [-0.1, -0.05) is 0 Å². The maximum Gasteiger partial charge on any atom is 0.239 e. The number of carbonyl (C=O) groups is 1. The largest absolute Gasteiger partial charge is 0.368 e. The van der Waals surface area contributed by atoms with Crippen LogP contribution in [0.4, 0.5) is 11.6 Å². The van der Waals surface area contributed by atoms with Crippen LogP contribution in [0.25, 0.3) is 33.4 Å². The Kier molecular flexibility index (Phi) is 5.87. The third kappa shape index (κ3) is 4.92. The standard InChI is InChI=1S/C25H26N10OS/c1-15(2)34-13-20(16-8-29-33(11-16)14-22(26)36)19-10-28-24(7-21(19)34)31-23-5-6-27-25(32-23)17-9-30-35(12-17)37-18-3-4-18/h5-13,15,18H,3-4,14H2,1-2H3,(H2,26,36)(H,27,28,31,32). The number of pyridine rings is 1. The van der Waals surface area contributed by atoms with Gasteiger partial charge in [0, 0.05) is 64.9 Å². The predicted octanol–water partition coefficient (Wildman–Crippen LogP) is 4.02. The van der Waals surface area contributed by atoms with Crippen LogP contribution in [0.3, 0.4) is 0 Å². The summed E-state index contributed by atoms with van der Waals surface area (Å²) in [6, 6.07) is 4.06. The molecule has 188 valence electrons. The molecule has 12 heteroatoms. The highest BCUT2D eigenvalue weighted by atomic mass is 32.2. The molecule has 0 aliphatic heterocycles. The fourth-order valence-electron chi connectivity index (χ4n) is 4.12. The van der Waals surface area contributed by atoms with Crippen LogP contribution in [0.15, 0.2) is 55.5 Å². The fourth-order valence-corrected chi connectivity index (χ4v) is 5.05. The number of rotatable bonds is 9. The van der Waals surface area contributed by atoms with Gasteiger partial charge in [0.1, 0.15) is 18.2 Å². The molecule has 0 aromatic carbocycles. The minimum absolute atomic E-state index is 0.0379. The molecule has 1 aliphatic carbocycles. The van der Waals surface area contributed by atoms with Gasteiger partial charge in [-0.05, 0) is 44.7 Å². The smallest absolute Gasteiger partial charge is 0.239 e. The molecule has 1 aliphatic rings. The maximum absolute atomic E-state index is 11.3. The number of nitrogens with zero attached hydrogens (tertiary/aromatic N) is 8. The number of hydrogen-bond donors (Lipinski definition) is 2. The normalized spacial score (nSPS) is 13.5. The first-order valence-corrected chi connectivity index (χ1v) is 12.9. The lowest BCUT2D eigenvalue weighted by molar-refractivity contribution is -0.118. The molecule has 11 nitrogen and oxygen atoms in total. The molecule has 5 aromatic rings. The third-order valence-corrected chi connectivity index (χ3v) is 7.23. The molecule has 0 spiro atoms. The van der Waals surface area contributed by atoms with Crippen molar-refractivity contribution in [1.29, 1.82) is 0 Å². The van der Waals surface area contributed by atoms with Crippen LogP contribution in [-0.4, -0.2) is 49.6 Å². The van der Waals surface area contributed by atoms with Crippen LogP contribution in [0.5, 0.6) is 0 Å². The Hall–Kier alpha value is -4.19. The molecule has 0 atom stereocenters. The summed E-state index contributed by atoms with van der Waals surface area (Å²) >= 11 is 1.74. The average molecular weight is 515 g/mol. The Balaban J connectivity index is 1.28. The molecule has 0 bridgehead atoms. The molecular weight excluding hydrogens is 488 g/mol. The minimum Gasteiger partial charge on any atom is -0.368 e. The van der Waals surface area contributed by atoms with E-state index in [2.05, 4.69) is 55.1 Å². The molecule has 6 rings (SSSR count). The van der Waals surface area contributed by atoms with Gasteiger partial charge in [-0.2, -0.15) is 10.2 Å². The van der Waals surface area contributed by atoms with E-state index in [-0.39, 0.29) is 12.6 Å².